The number of nitrogens with zero attached hydrogens (tertiary/aromatic N) is 1. The Bertz CT molecular complexity index is 415. The highest BCUT2D eigenvalue weighted by atomic mass is 16.4. The van der Waals surface area contributed by atoms with Crippen LogP contribution in [0.25, 0.3) is 0 Å². The van der Waals surface area contributed by atoms with Crippen molar-refractivity contribution in [2.24, 2.45) is 5.73 Å². The van der Waals surface area contributed by atoms with Gasteiger partial charge in [0, 0.05) is 12.7 Å². The fourth-order valence-electron chi connectivity index (χ4n) is 1.21. The van der Waals surface area contributed by atoms with Gasteiger partial charge in [0.1, 0.15) is 0 Å². The van der Waals surface area contributed by atoms with Gasteiger partial charge in [0.2, 0.25) is 0 Å². The molecule has 5 heteroatoms. The summed E-state index contributed by atoms with van der Waals surface area (Å²) < 4.78 is 0. The van der Waals surface area contributed by atoms with Crippen LogP contribution < -0.4 is 10.6 Å². The standard InChI is InChI=1S/C10H12N2O3/c1-6-3-7(9(13)14)5-8(4-6)12(2)10(11)15/h3-5H,1-2H3,(H2,11,15)(H,13,14). The minimum atomic E-state index is -1.03. The molecule has 2 amide bonds. The van der Waals surface area contributed by atoms with Gasteiger partial charge in [-0.1, -0.05) is 0 Å². The number of carbonyl (C=O) groups is 2. The van der Waals surface area contributed by atoms with E-state index in [1.807, 2.05) is 0 Å². The highest BCUT2D eigenvalue weighted by Crippen LogP contribution is 2.17. The number of carboxylic acids is 1. The fraction of sp³-hybridized carbons (Fsp3) is 0.200. The van der Waals surface area contributed by atoms with Crippen LogP contribution >= 0.6 is 0 Å². The molecule has 0 aliphatic rings. The zero-order valence-corrected chi connectivity index (χ0v) is 8.52. The summed E-state index contributed by atoms with van der Waals surface area (Å²) in [6, 6.07) is 4.00. The summed E-state index contributed by atoms with van der Waals surface area (Å²) in [6.45, 7) is 1.75. The van der Waals surface area contributed by atoms with Gasteiger partial charge in [-0.05, 0) is 30.7 Å². The van der Waals surface area contributed by atoms with Crippen LogP contribution in [0.5, 0.6) is 0 Å². The summed E-state index contributed by atoms with van der Waals surface area (Å²) in [4.78, 5) is 22.8. The fourth-order valence-corrected chi connectivity index (χ4v) is 1.21. The molecular weight excluding hydrogens is 196 g/mol. The Hall–Kier alpha value is -2.04. The lowest BCUT2D eigenvalue weighted by Crippen LogP contribution is -2.31. The summed E-state index contributed by atoms with van der Waals surface area (Å²) in [5.74, 6) is -1.03. The van der Waals surface area contributed by atoms with Gasteiger partial charge in [0.15, 0.2) is 0 Å². The van der Waals surface area contributed by atoms with Crippen molar-refractivity contribution in [2.45, 2.75) is 6.92 Å². The first-order valence-electron chi connectivity index (χ1n) is 4.30. The Morgan fingerprint density at radius 3 is 2.40 bits per heavy atom. The minimum absolute atomic E-state index is 0.137. The minimum Gasteiger partial charge on any atom is -0.478 e. The van der Waals surface area contributed by atoms with Crippen molar-refractivity contribution in [3.8, 4) is 0 Å². The lowest BCUT2D eigenvalue weighted by atomic mass is 10.1. The molecule has 1 aromatic carbocycles. The van der Waals surface area contributed by atoms with Crippen LogP contribution in [0.15, 0.2) is 18.2 Å². The first-order chi connectivity index (χ1) is 6.91. The van der Waals surface area contributed by atoms with E-state index in [0.29, 0.717) is 5.69 Å². The van der Waals surface area contributed by atoms with E-state index in [2.05, 4.69) is 0 Å². The van der Waals surface area contributed by atoms with Crippen LogP contribution in [0.2, 0.25) is 0 Å². The molecule has 1 aromatic rings. The molecule has 0 radical (unpaired) electrons. The number of rotatable bonds is 2. The van der Waals surface area contributed by atoms with Crippen molar-refractivity contribution in [3.05, 3.63) is 29.3 Å². The Balaban J connectivity index is 3.20. The van der Waals surface area contributed by atoms with Gasteiger partial charge in [-0.25, -0.2) is 9.59 Å². The third-order valence-corrected chi connectivity index (χ3v) is 2.03. The van der Waals surface area contributed by atoms with Crippen LogP contribution in [0, 0.1) is 6.92 Å². The number of hydrogen-bond donors (Lipinski definition) is 2. The quantitative estimate of drug-likeness (QED) is 0.766. The highest BCUT2D eigenvalue weighted by molar-refractivity contribution is 5.94. The number of urea groups is 1. The smallest absolute Gasteiger partial charge is 0.335 e. The number of benzene rings is 1. The first kappa shape index (κ1) is 11.0. The molecule has 0 unspecified atom stereocenters. The number of aryl methyl sites for hydroxylation is 1. The van der Waals surface area contributed by atoms with Gasteiger partial charge >= 0.3 is 12.0 Å². The molecule has 0 aliphatic heterocycles. The zero-order valence-electron chi connectivity index (χ0n) is 8.52. The van der Waals surface area contributed by atoms with Crippen molar-refractivity contribution in [1.29, 1.82) is 0 Å². The van der Waals surface area contributed by atoms with E-state index >= 15 is 0 Å². The largest absolute Gasteiger partial charge is 0.478 e. The SMILES string of the molecule is Cc1cc(C(=O)O)cc(N(C)C(N)=O)c1. The Kier molecular flexibility index (Phi) is 2.94. The lowest BCUT2D eigenvalue weighted by Gasteiger charge is -2.15. The second kappa shape index (κ2) is 4.00. The van der Waals surface area contributed by atoms with E-state index in [9.17, 15) is 9.59 Å². The third kappa shape index (κ3) is 2.46. The average molecular weight is 208 g/mol. The Labute approximate surface area is 87.1 Å². The van der Waals surface area contributed by atoms with Crippen LogP contribution in [0.4, 0.5) is 10.5 Å². The number of aromatic carboxylic acids is 1. The topological polar surface area (TPSA) is 83.6 Å². The molecule has 5 nitrogen and oxygen atoms in total. The van der Waals surface area contributed by atoms with Crippen LogP contribution in [-0.2, 0) is 0 Å². The molecule has 0 saturated heterocycles. The molecular formula is C10H12N2O3. The second-order valence-corrected chi connectivity index (χ2v) is 3.26. The van der Waals surface area contributed by atoms with E-state index < -0.39 is 12.0 Å². The summed E-state index contributed by atoms with van der Waals surface area (Å²) in [7, 11) is 1.49. The third-order valence-electron chi connectivity index (χ3n) is 2.03. The molecule has 0 aromatic heterocycles. The molecule has 1 rings (SSSR count). The molecule has 0 aliphatic carbocycles. The van der Waals surface area contributed by atoms with Crippen molar-refractivity contribution >= 4 is 17.7 Å². The molecule has 0 heterocycles. The maximum absolute atomic E-state index is 10.9. The van der Waals surface area contributed by atoms with E-state index in [1.165, 1.54) is 24.1 Å². The maximum Gasteiger partial charge on any atom is 0.335 e. The molecule has 0 spiro atoms. The van der Waals surface area contributed by atoms with Crippen molar-refractivity contribution in [3.63, 3.8) is 0 Å². The number of hydrogen-bond acceptors (Lipinski definition) is 2. The predicted octanol–water partition coefficient (Wildman–Crippen LogP) is 1.21. The van der Waals surface area contributed by atoms with Crippen molar-refractivity contribution < 1.29 is 14.7 Å². The molecule has 80 valence electrons. The Morgan fingerprint density at radius 1 is 1.33 bits per heavy atom. The first-order valence-corrected chi connectivity index (χ1v) is 4.30. The van der Waals surface area contributed by atoms with Gasteiger partial charge in [0.25, 0.3) is 0 Å². The van der Waals surface area contributed by atoms with E-state index in [0.717, 1.165) is 5.56 Å². The van der Waals surface area contributed by atoms with Gasteiger partial charge in [-0.3, -0.25) is 4.90 Å². The normalized spacial score (nSPS) is 9.73. The zero-order chi connectivity index (χ0) is 11.6. The second-order valence-electron chi connectivity index (χ2n) is 3.26. The summed E-state index contributed by atoms with van der Waals surface area (Å²) in [6.07, 6.45) is 0. The lowest BCUT2D eigenvalue weighted by molar-refractivity contribution is 0.0696. The molecule has 0 bridgehead atoms. The van der Waals surface area contributed by atoms with Crippen LogP contribution in [0.3, 0.4) is 0 Å². The van der Waals surface area contributed by atoms with Crippen LogP contribution in [-0.4, -0.2) is 24.2 Å². The number of primary amides is 1. The number of nitrogens with two attached hydrogens (primary N) is 1. The molecule has 0 atom stereocenters. The van der Waals surface area contributed by atoms with Gasteiger partial charge in [-0.2, -0.15) is 0 Å². The van der Waals surface area contributed by atoms with E-state index in [-0.39, 0.29) is 5.56 Å². The van der Waals surface area contributed by atoms with E-state index in [4.69, 9.17) is 10.8 Å². The monoisotopic (exact) mass is 208 g/mol. The molecule has 3 N–H and O–H groups in total. The van der Waals surface area contributed by atoms with Crippen molar-refractivity contribution in [1.82, 2.24) is 0 Å². The molecule has 15 heavy (non-hydrogen) atoms. The van der Waals surface area contributed by atoms with Crippen molar-refractivity contribution in [2.75, 3.05) is 11.9 Å². The number of carboxylic acid groups (broad SMARTS) is 1. The summed E-state index contributed by atoms with van der Waals surface area (Å²) in [5, 5.41) is 8.82. The van der Waals surface area contributed by atoms with Crippen LogP contribution in [0.1, 0.15) is 15.9 Å². The Morgan fingerprint density at radius 2 is 1.93 bits per heavy atom. The number of carbonyl (C=O) groups excluding carboxylic acids is 1. The van der Waals surface area contributed by atoms with Gasteiger partial charge in [0.05, 0.1) is 5.56 Å². The average Bonchev–Trinajstić information content (AvgIpc) is 2.15. The molecule has 0 saturated carbocycles. The van der Waals surface area contributed by atoms with E-state index in [1.54, 1.807) is 13.0 Å². The van der Waals surface area contributed by atoms with Gasteiger partial charge in [-0.15, -0.1) is 0 Å². The summed E-state index contributed by atoms with van der Waals surface area (Å²) >= 11 is 0. The predicted molar refractivity (Wildman–Crippen MR) is 56.1 cm³/mol. The number of anilines is 1. The molecule has 0 fully saturated rings. The summed E-state index contributed by atoms with van der Waals surface area (Å²) in [5.41, 5.74) is 6.46. The van der Waals surface area contributed by atoms with Gasteiger partial charge < -0.3 is 10.8 Å². The highest BCUT2D eigenvalue weighted by Gasteiger charge is 2.10. The maximum atomic E-state index is 10.9. The number of amides is 2.